The quantitative estimate of drug-likeness (QED) is 0.489. The van der Waals surface area contributed by atoms with Gasteiger partial charge in [-0.15, -0.1) is 0 Å². The number of alkyl halides is 3. The molecule has 12 heteroatoms. The number of amides is 3. The van der Waals surface area contributed by atoms with Gasteiger partial charge >= 0.3 is 12.1 Å². The molecule has 4 rings (SSSR count). The highest BCUT2D eigenvalue weighted by atomic mass is 35.5. The minimum atomic E-state index is -5.13. The van der Waals surface area contributed by atoms with Gasteiger partial charge in [0.1, 0.15) is 6.04 Å². The van der Waals surface area contributed by atoms with Crippen LogP contribution in [0.15, 0.2) is 55.1 Å². The fourth-order valence-electron chi connectivity index (χ4n) is 4.75. The van der Waals surface area contributed by atoms with Crippen molar-refractivity contribution in [3.8, 4) is 0 Å². The molecule has 8 nitrogen and oxygen atoms in total. The summed E-state index contributed by atoms with van der Waals surface area (Å²) in [4.78, 5) is 44.0. The predicted octanol–water partition coefficient (Wildman–Crippen LogP) is 3.81. The summed E-state index contributed by atoms with van der Waals surface area (Å²) in [6, 6.07) is 8.46. The molecule has 2 aromatic heterocycles. The van der Waals surface area contributed by atoms with Crippen molar-refractivity contribution < 1.29 is 27.6 Å². The molecule has 1 aliphatic heterocycles. The standard InChI is InChI=1S/C26H27ClF3N5O3/c1-15(2)22(33-25(38)26(28,29)30)23(36)32-20-13-34(10-8-18(20)16-5-3-6-17(27)11-16)24(37)19-7-4-9-35-14-31-12-21(19)35/h3-7,9,11-12,14-15,18,20,22H,8,10,13H2,1-2H3,(H,32,36)(H,33,38)/t18-,20?,22-/m0/s1. The van der Waals surface area contributed by atoms with Gasteiger partial charge in [-0.1, -0.05) is 37.6 Å². The monoisotopic (exact) mass is 549 g/mol. The normalized spacial score (nSPS) is 18.9. The lowest BCUT2D eigenvalue weighted by Gasteiger charge is -2.40. The van der Waals surface area contributed by atoms with E-state index in [4.69, 9.17) is 11.6 Å². The third-order valence-electron chi connectivity index (χ3n) is 6.68. The van der Waals surface area contributed by atoms with Gasteiger partial charge in [0, 0.05) is 30.2 Å². The SMILES string of the molecule is CC(C)[C@H](NC(=O)C(F)(F)F)C(=O)NC1CN(C(=O)c2cccn3cncc23)CC[C@H]1c1cccc(Cl)c1. The Morgan fingerprint density at radius 1 is 1.16 bits per heavy atom. The van der Waals surface area contributed by atoms with E-state index in [1.807, 2.05) is 6.07 Å². The number of aromatic nitrogens is 2. The van der Waals surface area contributed by atoms with Gasteiger partial charge in [0.2, 0.25) is 5.91 Å². The summed E-state index contributed by atoms with van der Waals surface area (Å²) >= 11 is 6.20. The molecule has 0 saturated carbocycles. The van der Waals surface area contributed by atoms with Gasteiger partial charge in [-0.05, 0) is 42.2 Å². The first-order valence-electron chi connectivity index (χ1n) is 12.1. The summed E-state index contributed by atoms with van der Waals surface area (Å²) in [6.07, 6.45) is 0.290. The average molecular weight is 550 g/mol. The highest BCUT2D eigenvalue weighted by molar-refractivity contribution is 6.30. The number of hydrogen-bond acceptors (Lipinski definition) is 4. The minimum absolute atomic E-state index is 0.106. The van der Waals surface area contributed by atoms with Crippen molar-refractivity contribution in [3.05, 3.63) is 71.3 Å². The molecular formula is C26H27ClF3N5O3. The van der Waals surface area contributed by atoms with E-state index < -0.39 is 36.0 Å². The fraction of sp³-hybridized carbons (Fsp3) is 0.385. The van der Waals surface area contributed by atoms with Crippen LogP contribution in [0.5, 0.6) is 0 Å². The highest BCUT2D eigenvalue weighted by Crippen LogP contribution is 2.31. The van der Waals surface area contributed by atoms with E-state index in [-0.39, 0.29) is 18.4 Å². The number of carbonyl (C=O) groups excluding carboxylic acids is 3. The molecule has 1 fully saturated rings. The van der Waals surface area contributed by atoms with Crippen molar-refractivity contribution in [3.63, 3.8) is 0 Å². The van der Waals surface area contributed by atoms with Gasteiger partial charge in [-0.25, -0.2) is 4.98 Å². The Balaban J connectivity index is 1.60. The molecule has 0 radical (unpaired) electrons. The molecule has 3 heterocycles. The number of imidazole rings is 1. The minimum Gasteiger partial charge on any atom is -0.349 e. The maximum atomic E-state index is 13.5. The second kappa shape index (κ2) is 11.0. The molecular weight excluding hydrogens is 523 g/mol. The summed E-state index contributed by atoms with van der Waals surface area (Å²) in [5.74, 6) is -4.09. The fourth-order valence-corrected chi connectivity index (χ4v) is 4.95. The van der Waals surface area contributed by atoms with Crippen LogP contribution >= 0.6 is 11.6 Å². The number of pyridine rings is 1. The second-order valence-electron chi connectivity index (χ2n) is 9.62. The van der Waals surface area contributed by atoms with Gasteiger partial charge < -0.3 is 19.9 Å². The van der Waals surface area contributed by atoms with E-state index in [1.54, 1.807) is 63.7 Å². The molecule has 1 aliphatic rings. The Hall–Kier alpha value is -3.60. The van der Waals surface area contributed by atoms with E-state index in [0.29, 0.717) is 29.1 Å². The van der Waals surface area contributed by atoms with Crippen molar-refractivity contribution in [2.24, 2.45) is 5.92 Å². The number of halogens is 4. The number of piperidine rings is 1. The second-order valence-corrected chi connectivity index (χ2v) is 10.1. The number of carbonyl (C=O) groups is 3. The van der Waals surface area contributed by atoms with Crippen molar-refractivity contribution >= 4 is 34.8 Å². The zero-order valence-electron chi connectivity index (χ0n) is 20.7. The summed E-state index contributed by atoms with van der Waals surface area (Å²) in [5.41, 5.74) is 1.90. The lowest BCUT2D eigenvalue weighted by Crippen LogP contribution is -2.59. The molecule has 0 spiro atoms. The highest BCUT2D eigenvalue weighted by Gasteiger charge is 2.42. The van der Waals surface area contributed by atoms with Crippen LogP contribution < -0.4 is 10.6 Å². The van der Waals surface area contributed by atoms with Gasteiger partial charge in [0.15, 0.2) is 0 Å². The third-order valence-corrected chi connectivity index (χ3v) is 6.91. The number of nitrogens with zero attached hydrogens (tertiary/aromatic N) is 3. The Morgan fingerprint density at radius 2 is 1.92 bits per heavy atom. The van der Waals surface area contributed by atoms with Gasteiger partial charge in [0.05, 0.1) is 29.6 Å². The number of fused-ring (bicyclic) bond motifs is 1. The van der Waals surface area contributed by atoms with E-state index in [1.165, 1.54) is 13.8 Å². The van der Waals surface area contributed by atoms with E-state index >= 15 is 0 Å². The van der Waals surface area contributed by atoms with Crippen LogP contribution in [0.25, 0.3) is 5.52 Å². The Bertz CT molecular complexity index is 1340. The smallest absolute Gasteiger partial charge is 0.349 e. The Kier molecular flexibility index (Phi) is 7.96. The van der Waals surface area contributed by atoms with Crippen molar-refractivity contribution in [2.75, 3.05) is 13.1 Å². The molecule has 3 amide bonds. The van der Waals surface area contributed by atoms with Crippen LogP contribution in [0.1, 0.15) is 42.1 Å². The first-order chi connectivity index (χ1) is 18.0. The number of hydrogen-bond donors (Lipinski definition) is 2. The Morgan fingerprint density at radius 3 is 2.61 bits per heavy atom. The van der Waals surface area contributed by atoms with Crippen LogP contribution in [-0.2, 0) is 9.59 Å². The van der Waals surface area contributed by atoms with Gasteiger partial charge in [-0.2, -0.15) is 13.2 Å². The predicted molar refractivity (Wildman–Crippen MR) is 135 cm³/mol. The molecule has 0 aliphatic carbocycles. The molecule has 2 N–H and O–H groups in total. The maximum Gasteiger partial charge on any atom is 0.471 e. The molecule has 3 aromatic rings. The number of likely N-dealkylation sites (tertiary alicyclic amines) is 1. The summed E-state index contributed by atoms with van der Waals surface area (Å²) in [6.45, 7) is 3.57. The number of rotatable bonds is 6. The molecule has 1 aromatic carbocycles. The van der Waals surface area contributed by atoms with Crippen molar-refractivity contribution in [1.82, 2.24) is 24.9 Å². The zero-order chi connectivity index (χ0) is 27.6. The number of benzene rings is 1. The maximum absolute atomic E-state index is 13.5. The summed E-state index contributed by atoms with van der Waals surface area (Å²) in [7, 11) is 0. The molecule has 1 saturated heterocycles. The molecule has 1 unspecified atom stereocenters. The van der Waals surface area contributed by atoms with Crippen LogP contribution in [0.4, 0.5) is 13.2 Å². The number of nitrogens with one attached hydrogen (secondary N) is 2. The van der Waals surface area contributed by atoms with Crippen LogP contribution in [0.2, 0.25) is 5.02 Å². The lowest BCUT2D eigenvalue weighted by atomic mass is 9.84. The van der Waals surface area contributed by atoms with E-state index in [2.05, 4.69) is 10.3 Å². The van der Waals surface area contributed by atoms with Crippen LogP contribution in [0.3, 0.4) is 0 Å². The topological polar surface area (TPSA) is 95.8 Å². The summed E-state index contributed by atoms with van der Waals surface area (Å²) < 4.78 is 40.4. The first kappa shape index (κ1) is 27.4. The molecule has 0 bridgehead atoms. The zero-order valence-corrected chi connectivity index (χ0v) is 21.5. The molecule has 3 atom stereocenters. The van der Waals surface area contributed by atoms with Crippen LogP contribution in [-0.4, -0.2) is 63.4 Å². The van der Waals surface area contributed by atoms with E-state index in [9.17, 15) is 27.6 Å². The lowest BCUT2D eigenvalue weighted by molar-refractivity contribution is -0.175. The van der Waals surface area contributed by atoms with Gasteiger partial charge in [0.25, 0.3) is 5.91 Å². The van der Waals surface area contributed by atoms with E-state index in [0.717, 1.165) is 5.56 Å². The average Bonchev–Trinajstić information content (AvgIpc) is 3.35. The van der Waals surface area contributed by atoms with Crippen molar-refractivity contribution in [1.29, 1.82) is 0 Å². The Labute approximate surface area is 222 Å². The molecule has 38 heavy (non-hydrogen) atoms. The molecule has 202 valence electrons. The summed E-state index contributed by atoms with van der Waals surface area (Å²) in [5, 5.41) is 5.11. The third kappa shape index (κ3) is 5.93. The largest absolute Gasteiger partial charge is 0.471 e. The van der Waals surface area contributed by atoms with Gasteiger partial charge in [-0.3, -0.25) is 14.4 Å². The van der Waals surface area contributed by atoms with Crippen LogP contribution in [0, 0.1) is 5.92 Å². The first-order valence-corrected chi connectivity index (χ1v) is 12.5. The van der Waals surface area contributed by atoms with Crippen molar-refractivity contribution in [2.45, 2.75) is 44.4 Å².